The van der Waals surface area contributed by atoms with Crippen LogP contribution >= 0.6 is 0 Å². The van der Waals surface area contributed by atoms with E-state index in [1.165, 1.54) is 26.2 Å². The highest BCUT2D eigenvalue weighted by Gasteiger charge is 2.52. The number of esters is 2. The first-order chi connectivity index (χ1) is 24.2. The molecule has 0 aromatic rings. The Labute approximate surface area is 304 Å². The molecule has 3 heterocycles. The van der Waals surface area contributed by atoms with Crippen molar-refractivity contribution >= 4 is 18.0 Å². The second-order valence-corrected chi connectivity index (χ2v) is 14.9. The van der Waals surface area contributed by atoms with Crippen molar-refractivity contribution in [2.75, 3.05) is 33.3 Å². The molecule has 0 aromatic heterocycles. The summed E-state index contributed by atoms with van der Waals surface area (Å²) in [6, 6.07) is 0. The molecule has 0 saturated carbocycles. The van der Waals surface area contributed by atoms with Gasteiger partial charge in [-0.2, -0.15) is 0 Å². The van der Waals surface area contributed by atoms with Crippen LogP contribution in [0.5, 0.6) is 0 Å². The third kappa shape index (κ3) is 13.6. The molecular formula is C39H64N2O10. The fourth-order valence-electron chi connectivity index (χ4n) is 7.14. The highest BCUT2D eigenvalue weighted by atomic mass is 16.6. The lowest BCUT2D eigenvalue weighted by Gasteiger charge is -2.32. The molecule has 3 rings (SSSR count). The minimum absolute atomic E-state index is 0.0247. The molecule has 1 amide bonds. The number of likely N-dealkylation sites (tertiary alicyclic amines) is 1. The molecule has 12 nitrogen and oxygen atoms in total. The van der Waals surface area contributed by atoms with Crippen LogP contribution < -0.4 is 5.32 Å². The van der Waals surface area contributed by atoms with Gasteiger partial charge in [0.15, 0.2) is 0 Å². The molecule has 3 N–H and O–H groups in total. The highest BCUT2D eigenvalue weighted by molar-refractivity contribution is 5.70. The minimum Gasteiger partial charge on any atom is -0.457 e. The third-order valence-electron chi connectivity index (χ3n) is 10.4. The monoisotopic (exact) mass is 720 g/mol. The van der Waals surface area contributed by atoms with Crippen LogP contribution in [0.3, 0.4) is 0 Å². The standard InChI is InChI=1S/C39H64N2O10/c1-9-31(47-8)28(5)36-37(50-36)35(51-38(45)40-20-23-41-21-11-10-12-22-41)26(3)15-13-14-25(2)34-27(4)16-17-32(48-29(6)42)39(7,46)19-18-30(43)24-33(44)49-34/h13-17,26-28,30-32,34-37,43,46H,9-12,18-24H2,1-8H3,(H,40,45)/b15-13+,17-16+,25-14+. The Bertz CT molecular complexity index is 1210. The predicted octanol–water partition coefficient (Wildman–Crippen LogP) is 4.87. The van der Waals surface area contributed by atoms with E-state index in [0.29, 0.717) is 6.54 Å². The van der Waals surface area contributed by atoms with Gasteiger partial charge in [-0.3, -0.25) is 9.59 Å². The van der Waals surface area contributed by atoms with Crippen molar-refractivity contribution in [2.45, 2.75) is 142 Å². The predicted molar refractivity (Wildman–Crippen MR) is 194 cm³/mol. The fourth-order valence-corrected chi connectivity index (χ4v) is 7.14. The molecule has 0 radical (unpaired) electrons. The number of nitrogens with zero attached hydrogens (tertiary/aromatic N) is 1. The lowest BCUT2D eigenvalue weighted by Crippen LogP contribution is -2.42. The number of carbonyl (C=O) groups is 3. The molecule has 2 saturated heterocycles. The summed E-state index contributed by atoms with van der Waals surface area (Å²) >= 11 is 0. The minimum atomic E-state index is -1.45. The number of piperidine rings is 1. The number of nitrogens with one attached hydrogen (secondary N) is 1. The van der Waals surface area contributed by atoms with Crippen molar-refractivity contribution in [3.8, 4) is 0 Å². The second kappa shape index (κ2) is 20.5. The second-order valence-electron chi connectivity index (χ2n) is 14.9. The van der Waals surface area contributed by atoms with Crippen LogP contribution in [-0.4, -0.2) is 115 Å². The van der Waals surface area contributed by atoms with Crippen molar-refractivity contribution < 1.29 is 48.3 Å². The molecule has 0 aromatic carbocycles. The van der Waals surface area contributed by atoms with E-state index in [2.05, 4.69) is 24.1 Å². The summed E-state index contributed by atoms with van der Waals surface area (Å²) < 4.78 is 29.1. The van der Waals surface area contributed by atoms with Crippen molar-refractivity contribution in [3.63, 3.8) is 0 Å². The molecule has 12 heteroatoms. The van der Waals surface area contributed by atoms with Gasteiger partial charge in [0.25, 0.3) is 0 Å². The van der Waals surface area contributed by atoms with E-state index in [0.717, 1.165) is 31.6 Å². The average Bonchev–Trinajstić information content (AvgIpc) is 3.88. The zero-order valence-electron chi connectivity index (χ0n) is 32.0. The Kier molecular flexibility index (Phi) is 17.1. The first-order valence-electron chi connectivity index (χ1n) is 18.8. The molecule has 3 aliphatic rings. The average molecular weight is 721 g/mol. The number of ether oxygens (including phenoxy) is 5. The van der Waals surface area contributed by atoms with Gasteiger partial charge in [0.2, 0.25) is 0 Å². The number of amides is 1. The number of hydrogen-bond donors (Lipinski definition) is 3. The number of rotatable bonds is 14. The normalized spacial score (nSPS) is 32.7. The lowest BCUT2D eigenvalue weighted by molar-refractivity contribution is -0.157. The van der Waals surface area contributed by atoms with E-state index in [-0.39, 0.29) is 55.3 Å². The van der Waals surface area contributed by atoms with Gasteiger partial charge in [-0.05, 0) is 70.7 Å². The maximum Gasteiger partial charge on any atom is 0.407 e. The SMILES string of the molecule is CCC(OC)C(C)C1OC1C(OC(=O)NCCN1CCCCC1)C(C)/C=C/C=C(\C)C1OC(=O)CC(O)CCC(C)(O)C(OC(C)=O)/C=C/C1C. The Hall–Kier alpha value is -2.77. The van der Waals surface area contributed by atoms with E-state index in [9.17, 15) is 24.6 Å². The summed E-state index contributed by atoms with van der Waals surface area (Å²) in [5.74, 6) is -1.56. The number of methoxy groups -OCH3 is 1. The topological polar surface area (TPSA) is 156 Å². The summed E-state index contributed by atoms with van der Waals surface area (Å²) in [5.41, 5.74) is -0.712. The van der Waals surface area contributed by atoms with E-state index >= 15 is 0 Å². The van der Waals surface area contributed by atoms with Crippen molar-refractivity contribution in [1.82, 2.24) is 10.2 Å². The number of alkyl carbamates (subject to hydrolysis) is 1. The van der Waals surface area contributed by atoms with Crippen LogP contribution in [0.15, 0.2) is 36.0 Å². The van der Waals surface area contributed by atoms with Gasteiger partial charge in [-0.1, -0.05) is 58.4 Å². The lowest BCUT2D eigenvalue weighted by atomic mass is 9.88. The molecule has 51 heavy (non-hydrogen) atoms. The summed E-state index contributed by atoms with van der Waals surface area (Å²) in [7, 11) is 1.70. The molecular weight excluding hydrogens is 656 g/mol. The first-order valence-corrected chi connectivity index (χ1v) is 18.8. The zero-order valence-corrected chi connectivity index (χ0v) is 32.0. The van der Waals surface area contributed by atoms with Gasteiger partial charge >= 0.3 is 18.0 Å². The Morgan fingerprint density at radius 2 is 1.86 bits per heavy atom. The molecule has 290 valence electrons. The number of allylic oxidation sites excluding steroid dienone is 2. The third-order valence-corrected chi connectivity index (χ3v) is 10.4. The molecule has 0 aliphatic carbocycles. The van der Waals surface area contributed by atoms with Gasteiger partial charge in [0.05, 0.1) is 24.7 Å². The fraction of sp³-hybridized carbons (Fsp3) is 0.769. The zero-order chi connectivity index (χ0) is 37.7. The molecule has 2 fully saturated rings. The van der Waals surface area contributed by atoms with Crippen LogP contribution in [0, 0.1) is 17.8 Å². The number of aliphatic hydroxyl groups excluding tert-OH is 1. The maximum atomic E-state index is 13.0. The summed E-state index contributed by atoms with van der Waals surface area (Å²) in [6.45, 7) is 16.1. The Balaban J connectivity index is 1.77. The number of carbonyl (C=O) groups excluding carboxylic acids is 3. The number of aliphatic hydroxyl groups is 2. The van der Waals surface area contributed by atoms with Crippen molar-refractivity contribution in [1.29, 1.82) is 0 Å². The van der Waals surface area contributed by atoms with Crippen LogP contribution in [-0.2, 0) is 33.3 Å². The molecule has 11 unspecified atom stereocenters. The van der Waals surface area contributed by atoms with Crippen LogP contribution in [0.4, 0.5) is 4.79 Å². The Morgan fingerprint density at radius 1 is 1.16 bits per heavy atom. The smallest absolute Gasteiger partial charge is 0.407 e. The van der Waals surface area contributed by atoms with E-state index in [1.807, 2.05) is 39.0 Å². The summed E-state index contributed by atoms with van der Waals surface area (Å²) in [6.07, 6.45) is 9.46. The number of epoxide rings is 1. The quantitative estimate of drug-likeness (QED) is 0.0740. The first kappa shape index (κ1) is 42.6. The van der Waals surface area contributed by atoms with Gasteiger partial charge in [-0.15, -0.1) is 0 Å². The largest absolute Gasteiger partial charge is 0.457 e. The van der Waals surface area contributed by atoms with Crippen LogP contribution in [0.25, 0.3) is 0 Å². The summed E-state index contributed by atoms with van der Waals surface area (Å²) in [5, 5.41) is 24.5. The number of cyclic esters (lactones) is 1. The van der Waals surface area contributed by atoms with Crippen molar-refractivity contribution in [3.05, 3.63) is 36.0 Å². The highest BCUT2D eigenvalue weighted by Crippen LogP contribution is 2.39. The van der Waals surface area contributed by atoms with E-state index in [1.54, 1.807) is 26.2 Å². The number of hydrogen-bond acceptors (Lipinski definition) is 11. The summed E-state index contributed by atoms with van der Waals surface area (Å²) in [4.78, 5) is 40.1. The van der Waals surface area contributed by atoms with Gasteiger partial charge < -0.3 is 44.1 Å². The van der Waals surface area contributed by atoms with Gasteiger partial charge in [0.1, 0.15) is 30.0 Å². The van der Waals surface area contributed by atoms with Crippen LogP contribution in [0.1, 0.15) is 93.4 Å². The molecule has 0 bridgehead atoms. The molecule has 3 aliphatic heterocycles. The van der Waals surface area contributed by atoms with E-state index in [4.69, 9.17) is 23.7 Å². The van der Waals surface area contributed by atoms with Gasteiger partial charge in [-0.25, -0.2) is 4.79 Å². The van der Waals surface area contributed by atoms with Crippen molar-refractivity contribution in [2.24, 2.45) is 17.8 Å². The Morgan fingerprint density at radius 3 is 2.51 bits per heavy atom. The van der Waals surface area contributed by atoms with Gasteiger partial charge in [0, 0.05) is 44.9 Å². The van der Waals surface area contributed by atoms with E-state index < -0.39 is 48.0 Å². The molecule has 0 spiro atoms. The molecule has 11 atom stereocenters. The van der Waals surface area contributed by atoms with Crippen LogP contribution in [0.2, 0.25) is 0 Å². The maximum absolute atomic E-state index is 13.0.